The van der Waals surface area contributed by atoms with Gasteiger partial charge in [-0.2, -0.15) is 13.2 Å². The van der Waals surface area contributed by atoms with E-state index in [4.69, 9.17) is 0 Å². The molecule has 0 aliphatic carbocycles. The minimum absolute atomic E-state index is 0.307. The van der Waals surface area contributed by atoms with Gasteiger partial charge in [0.05, 0.1) is 5.56 Å². The van der Waals surface area contributed by atoms with E-state index in [1.54, 1.807) is 18.3 Å². The van der Waals surface area contributed by atoms with Crippen LogP contribution >= 0.6 is 0 Å². The number of hydrogen-bond donors (Lipinski definition) is 0. The summed E-state index contributed by atoms with van der Waals surface area (Å²) in [4.78, 5) is 8.89. The van der Waals surface area contributed by atoms with E-state index >= 15 is 0 Å². The number of pyridine rings is 1. The van der Waals surface area contributed by atoms with Crippen LogP contribution in [0.1, 0.15) is 29.5 Å². The molecule has 1 aromatic carbocycles. The fourth-order valence-electron chi connectivity index (χ4n) is 4.50. The third-order valence-electron chi connectivity index (χ3n) is 5.73. The summed E-state index contributed by atoms with van der Waals surface area (Å²) in [6.45, 7) is 4.01. The molecule has 6 heteroatoms. The van der Waals surface area contributed by atoms with Crippen molar-refractivity contribution in [2.75, 3.05) is 19.6 Å². The van der Waals surface area contributed by atoms with Crippen molar-refractivity contribution in [3.63, 3.8) is 0 Å². The van der Waals surface area contributed by atoms with Crippen LogP contribution in [0.25, 0.3) is 0 Å². The van der Waals surface area contributed by atoms with Crippen molar-refractivity contribution in [1.29, 1.82) is 0 Å². The number of piperidine rings is 1. The molecule has 0 saturated carbocycles. The average molecular weight is 375 g/mol. The van der Waals surface area contributed by atoms with Gasteiger partial charge in [0.15, 0.2) is 0 Å². The molecule has 0 N–H and O–H groups in total. The van der Waals surface area contributed by atoms with E-state index in [-0.39, 0.29) is 0 Å². The molecule has 2 aromatic rings. The van der Waals surface area contributed by atoms with E-state index in [2.05, 4.69) is 20.9 Å². The summed E-state index contributed by atoms with van der Waals surface area (Å²) in [5.74, 6) is 0.512. The minimum atomic E-state index is -4.30. The van der Waals surface area contributed by atoms with Crippen LogP contribution in [0.5, 0.6) is 0 Å². The highest BCUT2D eigenvalue weighted by molar-refractivity contribution is 5.29. The maximum absolute atomic E-state index is 13.3. The topological polar surface area (TPSA) is 19.4 Å². The van der Waals surface area contributed by atoms with Crippen LogP contribution in [-0.2, 0) is 19.3 Å². The molecule has 5 rings (SSSR count). The van der Waals surface area contributed by atoms with Gasteiger partial charge in [-0.3, -0.25) is 14.8 Å². The largest absolute Gasteiger partial charge is 0.416 e. The maximum Gasteiger partial charge on any atom is 0.416 e. The van der Waals surface area contributed by atoms with E-state index < -0.39 is 11.7 Å². The molecule has 3 saturated heterocycles. The van der Waals surface area contributed by atoms with E-state index in [1.165, 1.54) is 17.7 Å². The number of aromatic nitrogens is 1. The SMILES string of the molecule is FC(F)(F)c1ccccc1CN1C[C@H]2CC[C@@H]1CN(Cc1cccnc1)C2. The first-order valence-corrected chi connectivity index (χ1v) is 9.49. The van der Waals surface area contributed by atoms with Crippen molar-refractivity contribution in [2.45, 2.75) is 38.1 Å². The molecular weight excluding hydrogens is 351 g/mol. The molecule has 3 nitrogen and oxygen atoms in total. The molecule has 0 spiro atoms. The molecule has 0 radical (unpaired) electrons. The third kappa shape index (κ3) is 4.33. The van der Waals surface area contributed by atoms with Crippen LogP contribution in [-0.4, -0.2) is 40.5 Å². The first kappa shape index (κ1) is 18.4. The summed E-state index contributed by atoms with van der Waals surface area (Å²) in [5.41, 5.74) is 1.07. The zero-order chi connectivity index (χ0) is 18.9. The van der Waals surface area contributed by atoms with E-state index in [1.807, 2.05) is 12.3 Å². The second-order valence-corrected chi connectivity index (χ2v) is 7.74. The smallest absolute Gasteiger partial charge is 0.297 e. The lowest BCUT2D eigenvalue weighted by Gasteiger charge is -2.36. The lowest BCUT2D eigenvalue weighted by molar-refractivity contribution is -0.138. The molecule has 0 unspecified atom stereocenters. The molecule has 1 aromatic heterocycles. The quantitative estimate of drug-likeness (QED) is 0.799. The monoisotopic (exact) mass is 375 g/mol. The molecule has 3 fully saturated rings. The fourth-order valence-corrected chi connectivity index (χ4v) is 4.50. The molecule has 144 valence electrons. The van der Waals surface area contributed by atoms with Crippen LogP contribution in [0.2, 0.25) is 0 Å². The van der Waals surface area contributed by atoms with Gasteiger partial charge in [-0.05, 0) is 42.0 Å². The van der Waals surface area contributed by atoms with Crippen molar-refractivity contribution >= 4 is 0 Å². The second-order valence-electron chi connectivity index (χ2n) is 7.74. The summed E-state index contributed by atoms with van der Waals surface area (Å²) in [5, 5.41) is 0. The Morgan fingerprint density at radius 2 is 1.81 bits per heavy atom. The number of fused-ring (bicyclic) bond motifs is 4. The zero-order valence-corrected chi connectivity index (χ0v) is 15.2. The predicted molar refractivity (Wildman–Crippen MR) is 97.9 cm³/mol. The number of nitrogens with zero attached hydrogens (tertiary/aromatic N) is 3. The van der Waals surface area contributed by atoms with Crippen LogP contribution in [0.15, 0.2) is 48.8 Å². The van der Waals surface area contributed by atoms with Gasteiger partial charge in [0.25, 0.3) is 0 Å². The molecule has 3 aliphatic heterocycles. The third-order valence-corrected chi connectivity index (χ3v) is 5.73. The van der Waals surface area contributed by atoms with Gasteiger partial charge in [0, 0.05) is 51.2 Å². The van der Waals surface area contributed by atoms with Crippen LogP contribution < -0.4 is 0 Å². The lowest BCUT2D eigenvalue weighted by atomic mass is 9.94. The maximum atomic E-state index is 13.3. The summed E-state index contributed by atoms with van der Waals surface area (Å²) < 4.78 is 40.0. The Labute approximate surface area is 157 Å². The van der Waals surface area contributed by atoms with Gasteiger partial charge in [-0.1, -0.05) is 24.3 Å². The van der Waals surface area contributed by atoms with Crippen molar-refractivity contribution in [1.82, 2.24) is 14.8 Å². The molecule has 0 amide bonds. The highest BCUT2D eigenvalue weighted by Crippen LogP contribution is 2.35. The van der Waals surface area contributed by atoms with Crippen molar-refractivity contribution in [2.24, 2.45) is 5.92 Å². The van der Waals surface area contributed by atoms with Crippen LogP contribution in [0, 0.1) is 5.92 Å². The standard InChI is InChI=1S/C21H24F3N3/c22-21(23,24)20-6-2-1-5-18(20)14-27-13-17-7-8-19(27)15-26(12-17)11-16-4-3-9-25-10-16/h1-6,9-10,17,19H,7-8,11-15H2/t17-,19+/m0/s1. The molecule has 2 bridgehead atoms. The van der Waals surface area contributed by atoms with Gasteiger partial charge >= 0.3 is 6.18 Å². The second kappa shape index (κ2) is 7.60. The van der Waals surface area contributed by atoms with Gasteiger partial charge in [-0.15, -0.1) is 0 Å². The Balaban J connectivity index is 1.49. The zero-order valence-electron chi connectivity index (χ0n) is 15.2. The Morgan fingerprint density at radius 3 is 2.59 bits per heavy atom. The van der Waals surface area contributed by atoms with Gasteiger partial charge < -0.3 is 0 Å². The van der Waals surface area contributed by atoms with Crippen molar-refractivity contribution in [3.8, 4) is 0 Å². The summed E-state index contributed by atoms with van der Waals surface area (Å²) in [6.07, 6.45) is 1.58. The van der Waals surface area contributed by atoms with Gasteiger partial charge in [-0.25, -0.2) is 0 Å². The molecule has 2 atom stereocenters. The van der Waals surface area contributed by atoms with Crippen molar-refractivity contribution < 1.29 is 13.2 Å². The first-order chi connectivity index (χ1) is 13.0. The number of rotatable bonds is 4. The molecular formula is C21H24F3N3. The Bertz CT molecular complexity index is 763. The Hall–Kier alpha value is -1.92. The summed E-state index contributed by atoms with van der Waals surface area (Å²) in [7, 11) is 0. The van der Waals surface area contributed by atoms with Crippen LogP contribution in [0.4, 0.5) is 13.2 Å². The molecule has 27 heavy (non-hydrogen) atoms. The highest BCUT2D eigenvalue weighted by Gasteiger charge is 2.37. The number of alkyl halides is 3. The Kier molecular flexibility index (Phi) is 5.19. The molecule has 4 heterocycles. The van der Waals surface area contributed by atoms with Gasteiger partial charge in [0.1, 0.15) is 0 Å². The van der Waals surface area contributed by atoms with E-state index in [0.29, 0.717) is 24.1 Å². The Morgan fingerprint density at radius 1 is 0.963 bits per heavy atom. The number of benzene rings is 1. The van der Waals surface area contributed by atoms with Crippen LogP contribution in [0.3, 0.4) is 0 Å². The first-order valence-electron chi connectivity index (χ1n) is 9.49. The van der Waals surface area contributed by atoms with E-state index in [0.717, 1.165) is 39.0 Å². The summed E-state index contributed by atoms with van der Waals surface area (Å²) >= 11 is 0. The normalized spacial score (nSPS) is 24.1. The molecule has 3 aliphatic rings. The predicted octanol–water partition coefficient (Wildman–Crippen LogP) is 4.20. The minimum Gasteiger partial charge on any atom is -0.297 e. The number of hydrogen-bond acceptors (Lipinski definition) is 3. The average Bonchev–Trinajstić information content (AvgIpc) is 2.93. The number of halogens is 3. The lowest BCUT2D eigenvalue weighted by Crippen LogP contribution is -2.43. The summed E-state index contributed by atoms with van der Waals surface area (Å²) in [6, 6.07) is 10.3. The van der Waals surface area contributed by atoms with Gasteiger partial charge in [0.2, 0.25) is 0 Å². The fraction of sp³-hybridized carbons (Fsp3) is 0.476. The van der Waals surface area contributed by atoms with E-state index in [9.17, 15) is 13.2 Å². The highest BCUT2D eigenvalue weighted by atomic mass is 19.4. The van der Waals surface area contributed by atoms with Crippen molar-refractivity contribution in [3.05, 3.63) is 65.5 Å².